The van der Waals surface area contributed by atoms with Gasteiger partial charge in [0, 0.05) is 30.7 Å². The van der Waals surface area contributed by atoms with E-state index in [1.165, 1.54) is 0 Å². The Kier molecular flexibility index (Phi) is 7.09. The summed E-state index contributed by atoms with van der Waals surface area (Å²) in [7, 11) is 1.63. The molecule has 2 N–H and O–H groups in total. The van der Waals surface area contributed by atoms with Crippen LogP contribution in [-0.2, 0) is 14.3 Å². The molecule has 4 aliphatic rings. The Morgan fingerprint density at radius 2 is 1.94 bits per heavy atom. The van der Waals surface area contributed by atoms with E-state index < -0.39 is 0 Å². The molecule has 2 amide bonds. The fourth-order valence-corrected chi connectivity index (χ4v) is 6.08. The second-order valence-electron chi connectivity index (χ2n) is 10.3. The van der Waals surface area contributed by atoms with Gasteiger partial charge in [-0.05, 0) is 69.5 Å². The molecular formula is C26H36N4O5. The van der Waals surface area contributed by atoms with Crippen LogP contribution in [0.25, 0.3) is 0 Å². The Bertz CT molecular complexity index is 976. The zero-order valence-electron chi connectivity index (χ0n) is 20.6. The average Bonchev–Trinajstić information content (AvgIpc) is 3.23. The lowest BCUT2D eigenvalue weighted by atomic mass is 9.87. The zero-order valence-corrected chi connectivity index (χ0v) is 20.6. The van der Waals surface area contributed by atoms with Gasteiger partial charge in [0.1, 0.15) is 5.75 Å². The van der Waals surface area contributed by atoms with Gasteiger partial charge in [0.2, 0.25) is 11.8 Å². The summed E-state index contributed by atoms with van der Waals surface area (Å²) in [5.41, 5.74) is 1.70. The summed E-state index contributed by atoms with van der Waals surface area (Å²) in [6, 6.07) is 5.59. The second kappa shape index (κ2) is 10.2. The molecule has 4 atom stereocenters. The number of likely N-dealkylation sites (tertiary alicyclic amines) is 2. The van der Waals surface area contributed by atoms with Crippen molar-refractivity contribution in [3.05, 3.63) is 29.3 Å². The van der Waals surface area contributed by atoms with Gasteiger partial charge >= 0.3 is 0 Å². The molecule has 1 aromatic rings. The van der Waals surface area contributed by atoms with Crippen LogP contribution in [0.5, 0.6) is 5.75 Å². The quantitative estimate of drug-likeness (QED) is 0.580. The lowest BCUT2D eigenvalue weighted by Crippen LogP contribution is -2.66. The van der Waals surface area contributed by atoms with Gasteiger partial charge in [-0.1, -0.05) is 0 Å². The SMILES string of the molecule is COc1ccc(C(=O)C2CCN([C@H]3CCN(CC4NC(=O)C5COCCC5N4)C3=O)CC2)cc1C. The number of carbonyl (C=O) groups excluding carboxylic acids is 3. The highest BCUT2D eigenvalue weighted by Gasteiger charge is 2.42. The maximum atomic E-state index is 13.2. The molecule has 4 fully saturated rings. The highest BCUT2D eigenvalue weighted by molar-refractivity contribution is 5.98. The van der Waals surface area contributed by atoms with E-state index in [9.17, 15) is 14.4 Å². The molecule has 0 aromatic heterocycles. The van der Waals surface area contributed by atoms with Gasteiger partial charge in [-0.3, -0.25) is 24.6 Å². The lowest BCUT2D eigenvalue weighted by molar-refractivity contribution is -0.138. The summed E-state index contributed by atoms with van der Waals surface area (Å²) in [4.78, 5) is 42.9. The minimum absolute atomic E-state index is 0.0132. The number of Topliss-reactive ketones (excluding diaryl/α,β-unsaturated/α-hetero) is 1. The van der Waals surface area contributed by atoms with Crippen LogP contribution in [0, 0.1) is 18.8 Å². The molecule has 0 saturated carbocycles. The third-order valence-corrected chi connectivity index (χ3v) is 8.12. The number of carbonyl (C=O) groups is 3. The average molecular weight is 485 g/mol. The predicted molar refractivity (Wildman–Crippen MR) is 129 cm³/mol. The van der Waals surface area contributed by atoms with E-state index in [2.05, 4.69) is 15.5 Å². The molecule has 1 aromatic carbocycles. The first-order valence-corrected chi connectivity index (χ1v) is 12.8. The van der Waals surface area contributed by atoms with Gasteiger partial charge in [0.15, 0.2) is 5.78 Å². The van der Waals surface area contributed by atoms with Crippen molar-refractivity contribution < 1.29 is 23.9 Å². The molecule has 4 saturated heterocycles. The molecule has 190 valence electrons. The van der Waals surface area contributed by atoms with E-state index in [0.717, 1.165) is 55.6 Å². The van der Waals surface area contributed by atoms with Crippen LogP contribution in [-0.4, -0.2) is 92.1 Å². The minimum Gasteiger partial charge on any atom is -0.496 e. The van der Waals surface area contributed by atoms with Gasteiger partial charge in [-0.15, -0.1) is 0 Å². The van der Waals surface area contributed by atoms with Crippen LogP contribution in [0.3, 0.4) is 0 Å². The lowest BCUT2D eigenvalue weighted by Gasteiger charge is -2.41. The van der Waals surface area contributed by atoms with E-state index in [-0.39, 0.29) is 47.7 Å². The maximum absolute atomic E-state index is 13.2. The van der Waals surface area contributed by atoms with Gasteiger partial charge in [-0.2, -0.15) is 0 Å². The van der Waals surface area contributed by atoms with Crippen molar-refractivity contribution >= 4 is 17.6 Å². The van der Waals surface area contributed by atoms with Crippen molar-refractivity contribution in [1.82, 2.24) is 20.4 Å². The molecule has 0 aliphatic carbocycles. The number of ether oxygens (including phenoxy) is 2. The molecular weight excluding hydrogens is 448 g/mol. The van der Waals surface area contributed by atoms with Gasteiger partial charge < -0.3 is 19.7 Å². The number of ketones is 1. The molecule has 4 heterocycles. The molecule has 3 unspecified atom stereocenters. The van der Waals surface area contributed by atoms with Crippen molar-refractivity contribution in [3.8, 4) is 5.75 Å². The fourth-order valence-electron chi connectivity index (χ4n) is 6.08. The summed E-state index contributed by atoms with van der Waals surface area (Å²) >= 11 is 0. The summed E-state index contributed by atoms with van der Waals surface area (Å²) in [6.07, 6.45) is 2.91. The fraction of sp³-hybridized carbons (Fsp3) is 0.654. The first-order valence-electron chi connectivity index (χ1n) is 12.8. The molecule has 35 heavy (non-hydrogen) atoms. The Balaban J connectivity index is 1.13. The summed E-state index contributed by atoms with van der Waals surface area (Å²) in [5, 5.41) is 6.53. The van der Waals surface area contributed by atoms with Crippen LogP contribution < -0.4 is 15.4 Å². The molecule has 9 nitrogen and oxygen atoms in total. The van der Waals surface area contributed by atoms with Crippen LogP contribution in [0.2, 0.25) is 0 Å². The number of hydrogen-bond acceptors (Lipinski definition) is 7. The molecule has 0 bridgehead atoms. The summed E-state index contributed by atoms with van der Waals surface area (Å²) in [5.74, 6) is 0.955. The maximum Gasteiger partial charge on any atom is 0.240 e. The number of benzene rings is 1. The summed E-state index contributed by atoms with van der Waals surface area (Å²) in [6.45, 7) is 5.74. The van der Waals surface area contributed by atoms with Crippen molar-refractivity contribution in [2.75, 3.05) is 46.5 Å². The van der Waals surface area contributed by atoms with Crippen LogP contribution in [0.15, 0.2) is 18.2 Å². The number of hydrogen-bond donors (Lipinski definition) is 2. The van der Waals surface area contributed by atoms with Gasteiger partial charge in [-0.25, -0.2) is 0 Å². The highest BCUT2D eigenvalue weighted by Crippen LogP contribution is 2.28. The summed E-state index contributed by atoms with van der Waals surface area (Å²) < 4.78 is 10.7. The number of methoxy groups -OCH3 is 1. The molecule has 9 heteroatoms. The second-order valence-corrected chi connectivity index (χ2v) is 10.3. The number of rotatable bonds is 6. The minimum atomic E-state index is -0.221. The third-order valence-electron chi connectivity index (χ3n) is 8.12. The molecule has 0 radical (unpaired) electrons. The first-order chi connectivity index (χ1) is 16.9. The van der Waals surface area contributed by atoms with E-state index >= 15 is 0 Å². The molecule has 5 rings (SSSR count). The number of nitrogens with one attached hydrogen (secondary N) is 2. The van der Waals surface area contributed by atoms with Crippen molar-refractivity contribution in [3.63, 3.8) is 0 Å². The number of nitrogens with zero attached hydrogens (tertiary/aromatic N) is 2. The highest BCUT2D eigenvalue weighted by atomic mass is 16.5. The monoisotopic (exact) mass is 484 g/mol. The number of piperidine rings is 1. The third kappa shape index (κ3) is 4.94. The van der Waals surface area contributed by atoms with E-state index in [1.807, 2.05) is 30.0 Å². The van der Waals surface area contributed by atoms with Crippen molar-refractivity contribution in [2.24, 2.45) is 11.8 Å². The van der Waals surface area contributed by atoms with E-state index in [0.29, 0.717) is 26.3 Å². The topological polar surface area (TPSA) is 100 Å². The van der Waals surface area contributed by atoms with Crippen LogP contribution in [0.1, 0.15) is 41.6 Å². The van der Waals surface area contributed by atoms with Crippen molar-refractivity contribution in [1.29, 1.82) is 0 Å². The van der Waals surface area contributed by atoms with Crippen molar-refractivity contribution in [2.45, 2.75) is 50.9 Å². The molecule has 4 aliphatic heterocycles. The molecule has 0 spiro atoms. The Hall–Kier alpha value is -2.49. The first kappa shape index (κ1) is 24.2. The Labute approximate surface area is 206 Å². The van der Waals surface area contributed by atoms with Gasteiger partial charge in [0.05, 0.1) is 38.4 Å². The number of amides is 2. The van der Waals surface area contributed by atoms with Crippen LogP contribution >= 0.6 is 0 Å². The Morgan fingerprint density at radius 3 is 2.69 bits per heavy atom. The smallest absolute Gasteiger partial charge is 0.240 e. The van der Waals surface area contributed by atoms with Crippen LogP contribution in [0.4, 0.5) is 0 Å². The van der Waals surface area contributed by atoms with E-state index in [1.54, 1.807) is 7.11 Å². The number of aryl methyl sites for hydroxylation is 1. The largest absolute Gasteiger partial charge is 0.496 e. The standard InChI is InChI=1S/C26H36N4O5/c1-16-13-18(3-4-22(16)34-2)24(31)17-5-9-29(10-6-17)21-7-11-30(26(21)33)14-23-27-20-8-12-35-15-19(20)25(32)28-23/h3-4,13,17,19-21,23,27H,5-12,14-15H2,1-2H3,(H,28,32)/t19?,20?,21-,23?/m0/s1. The zero-order chi connectivity index (χ0) is 24.5. The number of fused-ring (bicyclic) bond motifs is 1. The van der Waals surface area contributed by atoms with Gasteiger partial charge in [0.25, 0.3) is 0 Å². The normalized spacial score (nSPS) is 30.2. The predicted octanol–water partition coefficient (Wildman–Crippen LogP) is 0.950. The van der Waals surface area contributed by atoms with E-state index in [4.69, 9.17) is 9.47 Å². The Morgan fingerprint density at radius 1 is 1.14 bits per heavy atom.